The fraction of sp³-hybridized carbons (Fsp3) is 0.652. The summed E-state index contributed by atoms with van der Waals surface area (Å²) in [7, 11) is 2.10. The van der Waals surface area contributed by atoms with Crippen molar-refractivity contribution in [2.24, 2.45) is 0 Å². The highest BCUT2D eigenvalue weighted by Gasteiger charge is 2.47. The average Bonchev–Trinajstić information content (AvgIpc) is 3.40. The van der Waals surface area contributed by atoms with Crippen molar-refractivity contribution >= 4 is 12.0 Å². The van der Waals surface area contributed by atoms with E-state index >= 15 is 0 Å². The predicted molar refractivity (Wildman–Crippen MR) is 115 cm³/mol. The molecule has 0 aliphatic carbocycles. The van der Waals surface area contributed by atoms with Crippen LogP contribution in [0.1, 0.15) is 31.2 Å². The van der Waals surface area contributed by atoms with Gasteiger partial charge in [0.05, 0.1) is 12.6 Å². The van der Waals surface area contributed by atoms with Gasteiger partial charge >= 0.3 is 6.09 Å². The van der Waals surface area contributed by atoms with Crippen LogP contribution < -0.4 is 5.32 Å². The van der Waals surface area contributed by atoms with Crippen LogP contribution in [-0.4, -0.2) is 91.2 Å². The summed E-state index contributed by atoms with van der Waals surface area (Å²) in [6.45, 7) is 5.40. The highest BCUT2D eigenvalue weighted by Crippen LogP contribution is 2.33. The summed E-state index contributed by atoms with van der Waals surface area (Å²) >= 11 is 0. The first-order chi connectivity index (χ1) is 14.5. The lowest BCUT2D eigenvalue weighted by Gasteiger charge is -2.38. The van der Waals surface area contributed by atoms with Crippen LogP contribution in [0.25, 0.3) is 0 Å². The van der Waals surface area contributed by atoms with Crippen LogP contribution in [0, 0.1) is 0 Å². The van der Waals surface area contributed by atoms with Crippen LogP contribution in [0.3, 0.4) is 0 Å². The van der Waals surface area contributed by atoms with Gasteiger partial charge in [-0.2, -0.15) is 0 Å². The second-order valence-electron chi connectivity index (χ2n) is 8.99. The Morgan fingerprint density at radius 3 is 2.70 bits per heavy atom. The Morgan fingerprint density at radius 1 is 1.23 bits per heavy atom. The van der Waals surface area contributed by atoms with Gasteiger partial charge in [0.15, 0.2) is 0 Å². The van der Waals surface area contributed by atoms with Gasteiger partial charge in [-0.05, 0) is 38.4 Å². The van der Waals surface area contributed by atoms with Crippen molar-refractivity contribution in [1.82, 2.24) is 20.0 Å². The number of benzene rings is 1. The van der Waals surface area contributed by atoms with E-state index in [4.69, 9.17) is 4.74 Å². The van der Waals surface area contributed by atoms with Crippen molar-refractivity contribution in [3.8, 4) is 0 Å². The van der Waals surface area contributed by atoms with Crippen molar-refractivity contribution in [3.63, 3.8) is 0 Å². The molecule has 0 radical (unpaired) electrons. The summed E-state index contributed by atoms with van der Waals surface area (Å²) in [4.78, 5) is 31.1. The summed E-state index contributed by atoms with van der Waals surface area (Å²) in [5.41, 5.74) is 0.914. The SMILES string of the molecule is CN(CCc1ccccc1)CCN1CC2(CCN(C(=O)[C@@H]3CCCN3)CC2)OC1=O. The van der Waals surface area contributed by atoms with E-state index in [0.717, 1.165) is 51.7 Å². The van der Waals surface area contributed by atoms with Crippen molar-refractivity contribution < 1.29 is 14.3 Å². The van der Waals surface area contributed by atoms with E-state index in [1.54, 1.807) is 0 Å². The second-order valence-corrected chi connectivity index (χ2v) is 8.99. The van der Waals surface area contributed by atoms with E-state index in [0.29, 0.717) is 26.2 Å². The maximum absolute atomic E-state index is 12.6. The third-order valence-electron chi connectivity index (χ3n) is 6.76. The first-order valence-corrected chi connectivity index (χ1v) is 11.3. The van der Waals surface area contributed by atoms with E-state index in [2.05, 4.69) is 41.5 Å². The molecule has 164 valence electrons. The number of hydrogen-bond acceptors (Lipinski definition) is 5. The van der Waals surface area contributed by atoms with Crippen LogP contribution in [0.2, 0.25) is 0 Å². The molecule has 1 aromatic rings. The van der Waals surface area contributed by atoms with E-state index in [1.807, 2.05) is 15.9 Å². The zero-order valence-electron chi connectivity index (χ0n) is 18.0. The van der Waals surface area contributed by atoms with E-state index in [-0.39, 0.29) is 18.0 Å². The molecular formula is C23H34N4O3. The number of piperidine rings is 1. The number of nitrogens with one attached hydrogen (secondary N) is 1. The maximum Gasteiger partial charge on any atom is 0.410 e. The van der Waals surface area contributed by atoms with Gasteiger partial charge in [0, 0.05) is 45.6 Å². The van der Waals surface area contributed by atoms with Crippen LogP contribution in [0.4, 0.5) is 4.79 Å². The highest BCUT2D eigenvalue weighted by molar-refractivity contribution is 5.82. The van der Waals surface area contributed by atoms with Gasteiger partial charge in [0.25, 0.3) is 0 Å². The van der Waals surface area contributed by atoms with Crippen molar-refractivity contribution in [3.05, 3.63) is 35.9 Å². The molecule has 7 nitrogen and oxygen atoms in total. The summed E-state index contributed by atoms with van der Waals surface area (Å²) in [5, 5.41) is 3.29. The molecule has 2 amide bonds. The predicted octanol–water partition coefficient (Wildman–Crippen LogP) is 1.73. The van der Waals surface area contributed by atoms with Crippen molar-refractivity contribution in [2.75, 3.05) is 52.9 Å². The quantitative estimate of drug-likeness (QED) is 0.736. The molecule has 0 bridgehead atoms. The molecule has 3 heterocycles. The average molecular weight is 415 g/mol. The molecule has 0 saturated carbocycles. The van der Waals surface area contributed by atoms with Gasteiger partial charge in [-0.1, -0.05) is 30.3 Å². The Morgan fingerprint density at radius 2 is 2.00 bits per heavy atom. The normalized spacial score (nSPS) is 23.4. The first kappa shape index (κ1) is 21.1. The summed E-state index contributed by atoms with van der Waals surface area (Å²) < 4.78 is 5.83. The minimum atomic E-state index is -0.417. The summed E-state index contributed by atoms with van der Waals surface area (Å²) in [5.74, 6) is 0.212. The lowest BCUT2D eigenvalue weighted by molar-refractivity contribution is -0.136. The van der Waals surface area contributed by atoms with Gasteiger partial charge in [0.1, 0.15) is 5.60 Å². The Bertz CT molecular complexity index is 727. The van der Waals surface area contributed by atoms with Crippen LogP contribution in [0.5, 0.6) is 0 Å². The van der Waals surface area contributed by atoms with Gasteiger partial charge in [-0.15, -0.1) is 0 Å². The number of nitrogens with zero attached hydrogens (tertiary/aromatic N) is 3. The van der Waals surface area contributed by atoms with E-state index < -0.39 is 5.60 Å². The van der Waals surface area contributed by atoms with Crippen LogP contribution >= 0.6 is 0 Å². The van der Waals surface area contributed by atoms with Gasteiger partial charge in [-0.25, -0.2) is 4.79 Å². The molecule has 3 aliphatic rings. The number of likely N-dealkylation sites (tertiary alicyclic amines) is 1. The van der Waals surface area contributed by atoms with E-state index in [9.17, 15) is 9.59 Å². The monoisotopic (exact) mass is 414 g/mol. The lowest BCUT2D eigenvalue weighted by atomic mass is 9.91. The smallest absolute Gasteiger partial charge is 0.410 e. The molecule has 3 saturated heterocycles. The largest absolute Gasteiger partial charge is 0.441 e. The minimum absolute atomic E-state index is 0.0203. The number of carbonyl (C=O) groups is 2. The van der Waals surface area contributed by atoms with Gasteiger partial charge < -0.3 is 24.8 Å². The molecule has 30 heavy (non-hydrogen) atoms. The summed E-state index contributed by atoms with van der Waals surface area (Å²) in [6.07, 6.45) is 4.27. The Hall–Kier alpha value is -2.12. The number of likely N-dealkylation sites (N-methyl/N-ethyl adjacent to an activating group) is 1. The molecule has 3 aliphatic heterocycles. The van der Waals surface area contributed by atoms with E-state index in [1.165, 1.54) is 5.56 Å². The minimum Gasteiger partial charge on any atom is -0.441 e. The molecule has 7 heteroatoms. The Balaban J connectivity index is 1.21. The Kier molecular flexibility index (Phi) is 6.58. The fourth-order valence-corrected chi connectivity index (χ4v) is 4.74. The van der Waals surface area contributed by atoms with Gasteiger partial charge in [-0.3, -0.25) is 4.79 Å². The molecule has 1 aromatic carbocycles. The second kappa shape index (κ2) is 9.35. The lowest BCUT2D eigenvalue weighted by Crippen LogP contribution is -2.52. The van der Waals surface area contributed by atoms with Crippen LogP contribution in [-0.2, 0) is 16.0 Å². The standard InChI is InChI=1S/C23H34N4O3/c1-25(13-9-19-6-3-2-4-7-19)16-17-27-18-23(30-22(27)29)10-14-26(15-11-23)21(28)20-8-5-12-24-20/h2-4,6-7,20,24H,5,8-18H2,1H3/t20-/m0/s1. The zero-order valence-corrected chi connectivity index (χ0v) is 18.0. The number of hydrogen-bond donors (Lipinski definition) is 1. The Labute approximate surface area is 179 Å². The molecule has 1 N–H and O–H groups in total. The van der Waals surface area contributed by atoms with Gasteiger partial charge in [0.2, 0.25) is 5.91 Å². The molecule has 1 atom stereocenters. The topological polar surface area (TPSA) is 65.1 Å². The molecule has 0 aromatic heterocycles. The third kappa shape index (κ3) is 4.95. The number of amides is 2. The number of rotatable bonds is 7. The van der Waals surface area contributed by atoms with Crippen molar-refractivity contribution in [1.29, 1.82) is 0 Å². The number of ether oxygens (including phenoxy) is 1. The van der Waals surface area contributed by atoms with Crippen molar-refractivity contribution in [2.45, 2.75) is 43.7 Å². The third-order valence-corrected chi connectivity index (χ3v) is 6.76. The molecular weight excluding hydrogens is 380 g/mol. The fourth-order valence-electron chi connectivity index (χ4n) is 4.74. The molecule has 1 spiro atoms. The zero-order chi connectivity index (χ0) is 21.0. The van der Waals surface area contributed by atoms with Crippen LogP contribution in [0.15, 0.2) is 30.3 Å². The first-order valence-electron chi connectivity index (χ1n) is 11.3. The summed E-state index contributed by atoms with van der Waals surface area (Å²) in [6, 6.07) is 10.4. The highest BCUT2D eigenvalue weighted by atomic mass is 16.6. The number of carbonyl (C=O) groups excluding carboxylic acids is 2. The molecule has 4 rings (SSSR count). The molecule has 0 unspecified atom stereocenters. The maximum atomic E-state index is 12.6. The molecule has 3 fully saturated rings.